The van der Waals surface area contributed by atoms with E-state index < -0.39 is 5.79 Å². The lowest BCUT2D eigenvalue weighted by atomic mass is 9.89. The third-order valence-electron chi connectivity index (χ3n) is 5.56. The van der Waals surface area contributed by atoms with Gasteiger partial charge in [0.1, 0.15) is 0 Å². The number of ether oxygens (including phenoxy) is 2. The van der Waals surface area contributed by atoms with Gasteiger partial charge in [0.25, 0.3) is 0 Å². The molecule has 26 heavy (non-hydrogen) atoms. The molecule has 2 rings (SSSR count). The Kier molecular flexibility index (Phi) is 9.62. The number of nitrogens with zero attached hydrogens (tertiary/aromatic N) is 1. The van der Waals surface area contributed by atoms with Crippen molar-refractivity contribution in [2.24, 2.45) is 11.0 Å². The Balaban J connectivity index is 1.74. The third kappa shape index (κ3) is 8.63. The highest BCUT2D eigenvalue weighted by Crippen LogP contribution is 2.24. The Hall–Kier alpha value is -0.940. The van der Waals surface area contributed by atoms with E-state index in [1.807, 2.05) is 6.92 Å². The largest absolute Gasteiger partial charge is 0.347 e. The Morgan fingerprint density at radius 1 is 0.962 bits per heavy atom. The van der Waals surface area contributed by atoms with Crippen molar-refractivity contribution in [3.63, 3.8) is 0 Å². The van der Waals surface area contributed by atoms with Crippen molar-refractivity contribution in [2.75, 3.05) is 13.2 Å². The molecule has 2 aliphatic rings. The highest BCUT2D eigenvalue weighted by Gasteiger charge is 2.33. The second-order valence-electron chi connectivity index (χ2n) is 8.22. The maximum absolute atomic E-state index is 12.1. The summed E-state index contributed by atoms with van der Waals surface area (Å²) in [7, 11) is 0. The first-order valence-corrected chi connectivity index (χ1v) is 10.7. The maximum Gasteiger partial charge on any atom is 0.245 e. The lowest BCUT2D eigenvalue weighted by Crippen LogP contribution is -2.33. The van der Waals surface area contributed by atoms with E-state index in [0.717, 1.165) is 12.1 Å². The Bertz CT molecular complexity index is 433. The van der Waals surface area contributed by atoms with Crippen molar-refractivity contribution in [3.8, 4) is 0 Å². The molecule has 1 aliphatic carbocycles. The zero-order valence-corrected chi connectivity index (χ0v) is 16.9. The number of hydrogen-bond donors (Lipinski definition) is 1. The summed E-state index contributed by atoms with van der Waals surface area (Å²) >= 11 is 0. The second-order valence-corrected chi connectivity index (χ2v) is 8.22. The van der Waals surface area contributed by atoms with Gasteiger partial charge in [0, 0.05) is 5.71 Å². The van der Waals surface area contributed by atoms with Gasteiger partial charge in [-0.25, -0.2) is 5.43 Å². The molecule has 1 N–H and O–H groups in total. The Morgan fingerprint density at radius 3 is 2.00 bits per heavy atom. The van der Waals surface area contributed by atoms with Crippen LogP contribution in [-0.4, -0.2) is 30.6 Å². The average molecular weight is 367 g/mol. The van der Waals surface area contributed by atoms with E-state index >= 15 is 0 Å². The van der Waals surface area contributed by atoms with Gasteiger partial charge in [-0.3, -0.25) is 4.79 Å². The van der Waals surface area contributed by atoms with Crippen molar-refractivity contribution in [3.05, 3.63) is 0 Å². The molecule has 0 spiro atoms. The van der Waals surface area contributed by atoms with Gasteiger partial charge in [0.05, 0.1) is 19.6 Å². The standard InChI is InChI=1S/C21H38N2O3/c1-18(22-23-20(24)17-21(2)25-14-15-26-21)16-19-12-10-8-6-4-3-5-7-9-11-13-19/h19H,3-17H2,1-2H3,(H,23,24)/b22-18+. The number of amides is 1. The number of hydrazone groups is 1. The molecule has 0 bridgehead atoms. The van der Waals surface area contributed by atoms with Crippen LogP contribution >= 0.6 is 0 Å². The summed E-state index contributed by atoms with van der Waals surface area (Å²) in [5, 5.41) is 4.33. The molecule has 0 aromatic carbocycles. The fourth-order valence-electron chi connectivity index (χ4n) is 4.06. The van der Waals surface area contributed by atoms with E-state index in [1.165, 1.54) is 70.6 Å². The zero-order valence-electron chi connectivity index (χ0n) is 16.9. The number of nitrogens with one attached hydrogen (secondary N) is 1. The highest BCUT2D eigenvalue weighted by atomic mass is 16.7. The van der Waals surface area contributed by atoms with Crippen LogP contribution in [0.1, 0.15) is 97.3 Å². The minimum absolute atomic E-state index is 0.146. The molecule has 0 atom stereocenters. The van der Waals surface area contributed by atoms with Gasteiger partial charge in [0.15, 0.2) is 5.79 Å². The van der Waals surface area contributed by atoms with Gasteiger partial charge in [-0.2, -0.15) is 5.10 Å². The van der Waals surface area contributed by atoms with Crippen LogP contribution < -0.4 is 5.43 Å². The van der Waals surface area contributed by atoms with Crippen LogP contribution in [-0.2, 0) is 14.3 Å². The van der Waals surface area contributed by atoms with Crippen molar-refractivity contribution in [1.29, 1.82) is 0 Å². The molecule has 1 saturated carbocycles. The van der Waals surface area contributed by atoms with E-state index in [2.05, 4.69) is 10.5 Å². The minimum Gasteiger partial charge on any atom is -0.347 e. The quantitative estimate of drug-likeness (QED) is 0.553. The summed E-state index contributed by atoms with van der Waals surface area (Å²) < 4.78 is 10.9. The SMILES string of the molecule is C/C(CC1CCCCCCCCCCC1)=N\NC(=O)CC1(C)OCCO1. The summed E-state index contributed by atoms with van der Waals surface area (Å²) in [6, 6.07) is 0. The van der Waals surface area contributed by atoms with E-state index in [9.17, 15) is 4.79 Å². The highest BCUT2D eigenvalue weighted by molar-refractivity contribution is 5.84. The second kappa shape index (κ2) is 11.7. The average Bonchev–Trinajstić information content (AvgIpc) is 3.01. The number of carbonyl (C=O) groups is 1. The molecule has 1 heterocycles. The normalized spacial score (nSPS) is 23.8. The molecule has 1 amide bonds. The van der Waals surface area contributed by atoms with Crippen molar-refractivity contribution in [1.82, 2.24) is 5.43 Å². The monoisotopic (exact) mass is 366 g/mol. The van der Waals surface area contributed by atoms with Gasteiger partial charge < -0.3 is 9.47 Å². The number of rotatable bonds is 5. The maximum atomic E-state index is 12.1. The predicted octanol–water partition coefficient (Wildman–Crippen LogP) is 4.94. The summed E-state index contributed by atoms with van der Waals surface area (Å²) in [4.78, 5) is 12.1. The van der Waals surface area contributed by atoms with Crippen LogP contribution in [0.2, 0.25) is 0 Å². The van der Waals surface area contributed by atoms with Gasteiger partial charge >= 0.3 is 0 Å². The first kappa shape index (κ1) is 21.4. The van der Waals surface area contributed by atoms with E-state index in [-0.39, 0.29) is 12.3 Å². The third-order valence-corrected chi connectivity index (χ3v) is 5.56. The lowest BCUT2D eigenvalue weighted by Gasteiger charge is -2.21. The molecule has 0 aromatic heterocycles. The summed E-state index contributed by atoms with van der Waals surface area (Å²) in [5.41, 5.74) is 3.70. The van der Waals surface area contributed by atoms with E-state index in [0.29, 0.717) is 19.1 Å². The first-order chi connectivity index (χ1) is 12.6. The van der Waals surface area contributed by atoms with E-state index in [1.54, 1.807) is 6.92 Å². The summed E-state index contributed by atoms with van der Waals surface area (Å²) in [6.45, 7) is 4.93. The van der Waals surface area contributed by atoms with E-state index in [4.69, 9.17) is 9.47 Å². The molecule has 5 heteroatoms. The molecule has 0 aromatic rings. The first-order valence-electron chi connectivity index (χ1n) is 10.7. The van der Waals surface area contributed by atoms with Gasteiger partial charge in [0.2, 0.25) is 5.91 Å². The van der Waals surface area contributed by atoms with Crippen LogP contribution in [0, 0.1) is 5.92 Å². The van der Waals surface area contributed by atoms with Crippen LogP contribution in [0.4, 0.5) is 0 Å². The fourth-order valence-corrected chi connectivity index (χ4v) is 4.06. The van der Waals surface area contributed by atoms with Gasteiger partial charge in [-0.1, -0.05) is 70.6 Å². The lowest BCUT2D eigenvalue weighted by molar-refractivity contribution is -0.159. The molecular weight excluding hydrogens is 328 g/mol. The Labute approximate surface area is 159 Å². The summed E-state index contributed by atoms with van der Waals surface area (Å²) in [6.07, 6.45) is 16.2. The Morgan fingerprint density at radius 2 is 1.46 bits per heavy atom. The van der Waals surface area contributed by atoms with Crippen LogP contribution in [0.25, 0.3) is 0 Å². The molecule has 2 fully saturated rings. The number of carbonyl (C=O) groups excluding carboxylic acids is 1. The van der Waals surface area contributed by atoms with Gasteiger partial charge in [-0.05, 0) is 26.2 Å². The molecule has 1 aliphatic heterocycles. The zero-order chi connectivity index (χ0) is 18.7. The van der Waals surface area contributed by atoms with Crippen LogP contribution in [0.3, 0.4) is 0 Å². The topological polar surface area (TPSA) is 59.9 Å². The smallest absolute Gasteiger partial charge is 0.245 e. The molecule has 5 nitrogen and oxygen atoms in total. The van der Waals surface area contributed by atoms with Crippen molar-refractivity contribution in [2.45, 2.75) is 103 Å². The number of hydrogen-bond acceptors (Lipinski definition) is 4. The molecular formula is C21H38N2O3. The molecule has 150 valence electrons. The summed E-state index contributed by atoms with van der Waals surface area (Å²) in [5.74, 6) is -0.234. The fraction of sp³-hybridized carbons (Fsp3) is 0.905. The van der Waals surface area contributed by atoms with Crippen molar-refractivity contribution < 1.29 is 14.3 Å². The van der Waals surface area contributed by atoms with Crippen LogP contribution in [0.15, 0.2) is 5.10 Å². The minimum atomic E-state index is -0.791. The molecule has 0 radical (unpaired) electrons. The van der Waals surface area contributed by atoms with Crippen molar-refractivity contribution >= 4 is 11.6 Å². The molecule has 0 unspecified atom stereocenters. The van der Waals surface area contributed by atoms with Gasteiger partial charge in [-0.15, -0.1) is 0 Å². The predicted molar refractivity (Wildman–Crippen MR) is 105 cm³/mol. The van der Waals surface area contributed by atoms with Crippen LogP contribution in [0.5, 0.6) is 0 Å². The molecule has 1 saturated heterocycles.